The van der Waals surface area contributed by atoms with Crippen molar-refractivity contribution >= 4 is 15.5 Å². The van der Waals surface area contributed by atoms with E-state index in [1.54, 1.807) is 31.4 Å². The summed E-state index contributed by atoms with van der Waals surface area (Å²) >= 11 is 0. The molecule has 0 aliphatic rings. The van der Waals surface area contributed by atoms with E-state index in [4.69, 9.17) is 15.2 Å². The number of methoxy groups -OCH3 is 1. The van der Waals surface area contributed by atoms with E-state index in [2.05, 4.69) is 0 Å². The van der Waals surface area contributed by atoms with Crippen molar-refractivity contribution in [2.45, 2.75) is 12.8 Å². The van der Waals surface area contributed by atoms with Gasteiger partial charge in [0.15, 0.2) is 9.84 Å². The molecule has 1 aromatic carbocycles. The van der Waals surface area contributed by atoms with Gasteiger partial charge in [0.25, 0.3) is 0 Å². The van der Waals surface area contributed by atoms with Crippen LogP contribution in [-0.2, 0) is 14.6 Å². The summed E-state index contributed by atoms with van der Waals surface area (Å²) in [5.74, 6) is 0.967. The second-order valence-electron chi connectivity index (χ2n) is 4.27. The maximum Gasteiger partial charge on any atom is 0.150 e. The van der Waals surface area contributed by atoms with Crippen LogP contribution in [0.15, 0.2) is 24.3 Å². The van der Waals surface area contributed by atoms with Crippen molar-refractivity contribution in [3.63, 3.8) is 0 Å². The zero-order valence-corrected chi connectivity index (χ0v) is 12.0. The molecule has 0 heterocycles. The lowest BCUT2D eigenvalue weighted by molar-refractivity contribution is 0.199. The van der Waals surface area contributed by atoms with Gasteiger partial charge in [-0.3, -0.25) is 0 Å². The molecular weight excluding hydrogens is 266 g/mol. The Bertz CT molecular complexity index is 473. The molecule has 5 nitrogen and oxygen atoms in total. The first-order chi connectivity index (χ1) is 9.03. The molecule has 0 aromatic heterocycles. The van der Waals surface area contributed by atoms with Crippen LogP contribution in [0, 0.1) is 0 Å². The summed E-state index contributed by atoms with van der Waals surface area (Å²) in [6.45, 7) is 0.839. The molecule has 19 heavy (non-hydrogen) atoms. The maximum atomic E-state index is 11.6. The van der Waals surface area contributed by atoms with Crippen molar-refractivity contribution in [1.82, 2.24) is 0 Å². The summed E-state index contributed by atoms with van der Waals surface area (Å²) in [5.41, 5.74) is 6.24. The summed E-state index contributed by atoms with van der Waals surface area (Å²) < 4.78 is 33.5. The Morgan fingerprint density at radius 2 is 1.84 bits per heavy atom. The van der Waals surface area contributed by atoms with Crippen molar-refractivity contribution in [1.29, 1.82) is 0 Å². The van der Waals surface area contributed by atoms with E-state index in [-0.39, 0.29) is 11.5 Å². The Morgan fingerprint density at radius 1 is 1.16 bits per heavy atom. The molecule has 108 valence electrons. The van der Waals surface area contributed by atoms with E-state index in [1.807, 2.05) is 0 Å². The van der Waals surface area contributed by atoms with Crippen LogP contribution < -0.4 is 10.5 Å². The number of rotatable bonds is 9. The minimum atomic E-state index is -3.00. The fourth-order valence-electron chi connectivity index (χ4n) is 1.60. The van der Waals surface area contributed by atoms with Crippen molar-refractivity contribution in [3.05, 3.63) is 24.3 Å². The van der Waals surface area contributed by atoms with Crippen LogP contribution in [-0.4, -0.2) is 40.2 Å². The third-order valence-electron chi connectivity index (χ3n) is 2.53. The molecule has 0 radical (unpaired) electrons. The van der Waals surface area contributed by atoms with Gasteiger partial charge >= 0.3 is 0 Å². The summed E-state index contributed by atoms with van der Waals surface area (Å²) in [6, 6.07) is 7.08. The summed E-state index contributed by atoms with van der Waals surface area (Å²) in [5, 5.41) is 0. The van der Waals surface area contributed by atoms with Gasteiger partial charge in [0.1, 0.15) is 5.75 Å². The van der Waals surface area contributed by atoms with Gasteiger partial charge in [0, 0.05) is 25.5 Å². The molecule has 0 bridgehead atoms. The smallest absolute Gasteiger partial charge is 0.150 e. The van der Waals surface area contributed by atoms with Crippen molar-refractivity contribution in [3.8, 4) is 5.75 Å². The Morgan fingerprint density at radius 3 is 2.47 bits per heavy atom. The lowest BCUT2D eigenvalue weighted by atomic mass is 10.3. The van der Waals surface area contributed by atoms with Gasteiger partial charge in [-0.2, -0.15) is 0 Å². The zero-order chi connectivity index (χ0) is 14.1. The molecule has 0 aliphatic carbocycles. The van der Waals surface area contributed by atoms with Gasteiger partial charge in [-0.15, -0.1) is 0 Å². The van der Waals surface area contributed by atoms with Crippen LogP contribution in [0.25, 0.3) is 0 Å². The highest BCUT2D eigenvalue weighted by molar-refractivity contribution is 7.91. The monoisotopic (exact) mass is 287 g/mol. The highest BCUT2D eigenvalue weighted by atomic mass is 32.2. The molecule has 0 aliphatic heterocycles. The number of anilines is 1. The number of hydrogen-bond acceptors (Lipinski definition) is 5. The summed E-state index contributed by atoms with van der Waals surface area (Å²) in [6.07, 6.45) is 1.01. The maximum absolute atomic E-state index is 11.6. The number of ether oxygens (including phenoxy) is 2. The highest BCUT2D eigenvalue weighted by Gasteiger charge is 2.10. The molecule has 1 rings (SSSR count). The normalized spacial score (nSPS) is 11.4. The van der Waals surface area contributed by atoms with Crippen LogP contribution in [0.5, 0.6) is 5.75 Å². The molecule has 0 amide bonds. The number of hydrogen-bond donors (Lipinski definition) is 1. The largest absolute Gasteiger partial charge is 0.493 e. The number of nitrogens with two attached hydrogens (primary N) is 1. The average Bonchev–Trinajstić information content (AvgIpc) is 2.35. The van der Waals surface area contributed by atoms with Gasteiger partial charge in [-0.05, 0) is 25.0 Å². The lowest BCUT2D eigenvalue weighted by Gasteiger charge is -2.07. The highest BCUT2D eigenvalue weighted by Crippen LogP contribution is 2.14. The zero-order valence-electron chi connectivity index (χ0n) is 11.2. The summed E-state index contributed by atoms with van der Waals surface area (Å²) in [7, 11) is -1.44. The standard InChI is InChI=1S/C13H21NO4S/c1-17-7-3-9-19(15,16)10-4-8-18-13-6-2-5-12(14)11-13/h2,5-6,11H,3-4,7-10,14H2,1H3. The van der Waals surface area contributed by atoms with Crippen LogP contribution in [0.4, 0.5) is 5.69 Å². The fraction of sp³-hybridized carbons (Fsp3) is 0.538. The first-order valence-electron chi connectivity index (χ1n) is 6.21. The van der Waals surface area contributed by atoms with Crippen LogP contribution >= 0.6 is 0 Å². The summed E-state index contributed by atoms with van der Waals surface area (Å²) in [4.78, 5) is 0. The van der Waals surface area contributed by atoms with Crippen LogP contribution in [0.3, 0.4) is 0 Å². The van der Waals surface area contributed by atoms with Gasteiger partial charge < -0.3 is 15.2 Å². The lowest BCUT2D eigenvalue weighted by Crippen LogP contribution is -2.15. The Labute approximate surface area is 114 Å². The molecule has 0 atom stereocenters. The predicted octanol–water partition coefficient (Wildman–Crippen LogP) is 1.49. The topological polar surface area (TPSA) is 78.6 Å². The minimum Gasteiger partial charge on any atom is -0.493 e. The quantitative estimate of drug-likeness (QED) is 0.550. The van der Waals surface area contributed by atoms with Gasteiger partial charge in [-0.25, -0.2) is 8.42 Å². The van der Waals surface area contributed by atoms with E-state index in [0.29, 0.717) is 37.5 Å². The van der Waals surface area contributed by atoms with Crippen LogP contribution in [0.1, 0.15) is 12.8 Å². The fourth-order valence-corrected chi connectivity index (χ4v) is 2.92. The third-order valence-corrected chi connectivity index (χ3v) is 4.35. The van der Waals surface area contributed by atoms with Crippen molar-refractivity contribution < 1.29 is 17.9 Å². The average molecular weight is 287 g/mol. The van der Waals surface area contributed by atoms with Gasteiger partial charge in [-0.1, -0.05) is 6.07 Å². The number of nitrogen functional groups attached to an aromatic ring is 1. The minimum absolute atomic E-state index is 0.138. The second-order valence-corrected chi connectivity index (χ2v) is 6.58. The first kappa shape index (κ1) is 15.8. The van der Waals surface area contributed by atoms with E-state index < -0.39 is 9.84 Å². The molecule has 1 aromatic rings. The molecule has 0 fully saturated rings. The SMILES string of the molecule is COCCCS(=O)(=O)CCCOc1cccc(N)c1. The Balaban J connectivity index is 2.23. The number of sulfone groups is 1. The van der Waals surface area contributed by atoms with E-state index in [9.17, 15) is 8.42 Å². The van der Waals surface area contributed by atoms with E-state index >= 15 is 0 Å². The Kier molecular flexibility index (Phi) is 6.66. The van der Waals surface area contributed by atoms with E-state index in [1.165, 1.54) is 0 Å². The predicted molar refractivity (Wildman–Crippen MR) is 76.1 cm³/mol. The molecule has 0 unspecified atom stereocenters. The van der Waals surface area contributed by atoms with E-state index in [0.717, 1.165) is 0 Å². The molecule has 6 heteroatoms. The van der Waals surface area contributed by atoms with Crippen molar-refractivity contribution in [2.75, 3.05) is 37.6 Å². The molecule has 0 spiro atoms. The third kappa shape index (κ3) is 7.03. The second kappa shape index (κ2) is 8.01. The van der Waals surface area contributed by atoms with Crippen LogP contribution in [0.2, 0.25) is 0 Å². The molecule has 2 N–H and O–H groups in total. The van der Waals surface area contributed by atoms with Gasteiger partial charge in [0.2, 0.25) is 0 Å². The number of benzene rings is 1. The molecule has 0 saturated carbocycles. The Hall–Kier alpha value is -1.27. The first-order valence-corrected chi connectivity index (χ1v) is 8.03. The van der Waals surface area contributed by atoms with Gasteiger partial charge in [0.05, 0.1) is 18.1 Å². The molecular formula is C13H21NO4S. The molecule has 0 saturated heterocycles. The van der Waals surface area contributed by atoms with Crippen molar-refractivity contribution in [2.24, 2.45) is 0 Å².